The average molecular weight is 292 g/mol. The lowest BCUT2D eigenvalue weighted by molar-refractivity contribution is 0.0447. The van der Waals surface area contributed by atoms with E-state index in [1.807, 2.05) is 26.1 Å². The Kier molecular flexibility index (Phi) is 5.39. The molecular weight excluding hydrogens is 263 g/mol. The van der Waals surface area contributed by atoms with Crippen LogP contribution in [0, 0.1) is 12.7 Å². The summed E-state index contributed by atoms with van der Waals surface area (Å²) in [7, 11) is 2.02. The van der Waals surface area contributed by atoms with E-state index in [1.54, 1.807) is 6.07 Å². The lowest BCUT2D eigenvalue weighted by Gasteiger charge is -2.48. The molecule has 1 heterocycles. The number of likely N-dealkylation sites (N-methyl/N-ethyl adjacent to an activating group) is 1. The van der Waals surface area contributed by atoms with Gasteiger partial charge in [0.2, 0.25) is 0 Å². The molecule has 0 spiro atoms. The van der Waals surface area contributed by atoms with Crippen molar-refractivity contribution in [3.8, 4) is 0 Å². The molecule has 2 rings (SSSR count). The molecule has 1 fully saturated rings. The molecule has 1 aromatic carbocycles. The molecule has 1 aromatic rings. The van der Waals surface area contributed by atoms with Gasteiger partial charge in [-0.2, -0.15) is 0 Å². The quantitative estimate of drug-likeness (QED) is 0.881. The van der Waals surface area contributed by atoms with Crippen molar-refractivity contribution in [2.45, 2.75) is 58.0 Å². The van der Waals surface area contributed by atoms with Gasteiger partial charge in [0.05, 0.1) is 6.04 Å². The number of nitrogens with zero attached hydrogens (tertiary/aromatic N) is 1. The van der Waals surface area contributed by atoms with Crippen LogP contribution in [-0.2, 0) is 0 Å². The number of piperidine rings is 1. The summed E-state index contributed by atoms with van der Waals surface area (Å²) in [5, 5.41) is 3.49. The molecule has 0 amide bonds. The van der Waals surface area contributed by atoms with Gasteiger partial charge in [-0.3, -0.25) is 4.90 Å². The average Bonchev–Trinajstić information content (AvgIpc) is 2.52. The first-order valence-corrected chi connectivity index (χ1v) is 8.21. The van der Waals surface area contributed by atoms with E-state index in [-0.39, 0.29) is 17.4 Å². The maximum absolute atomic E-state index is 13.6. The zero-order valence-corrected chi connectivity index (χ0v) is 13.9. The highest BCUT2D eigenvalue weighted by Gasteiger charge is 2.38. The molecule has 1 saturated heterocycles. The number of rotatable bonds is 5. The Bertz CT molecular complexity index is 468. The minimum atomic E-state index is -0.121. The molecule has 2 nitrogen and oxygen atoms in total. The van der Waals surface area contributed by atoms with E-state index >= 15 is 0 Å². The third-order valence-electron chi connectivity index (χ3n) is 5.22. The molecule has 3 heteroatoms. The molecule has 0 aromatic heterocycles. The first-order valence-electron chi connectivity index (χ1n) is 8.21. The summed E-state index contributed by atoms with van der Waals surface area (Å²) >= 11 is 0. The Morgan fingerprint density at radius 2 is 1.95 bits per heavy atom. The predicted octanol–water partition coefficient (Wildman–Crippen LogP) is 4.05. The van der Waals surface area contributed by atoms with Gasteiger partial charge in [0.15, 0.2) is 0 Å². The SMILES string of the molecule is CCC(C)(C(NC)c1ccc(F)c(C)c1)N1CCCCC1. The molecule has 0 bridgehead atoms. The van der Waals surface area contributed by atoms with E-state index in [1.165, 1.54) is 37.9 Å². The van der Waals surface area contributed by atoms with Gasteiger partial charge in [-0.05, 0) is 70.4 Å². The Morgan fingerprint density at radius 3 is 2.48 bits per heavy atom. The Hall–Kier alpha value is -0.930. The smallest absolute Gasteiger partial charge is 0.126 e. The van der Waals surface area contributed by atoms with Gasteiger partial charge < -0.3 is 5.32 Å². The lowest BCUT2D eigenvalue weighted by atomic mass is 9.81. The van der Waals surface area contributed by atoms with Crippen molar-refractivity contribution in [1.82, 2.24) is 10.2 Å². The summed E-state index contributed by atoms with van der Waals surface area (Å²) in [6.07, 6.45) is 4.99. The van der Waals surface area contributed by atoms with Gasteiger partial charge in [-0.15, -0.1) is 0 Å². The number of halogens is 1. The summed E-state index contributed by atoms with van der Waals surface area (Å²) in [4.78, 5) is 2.62. The van der Waals surface area contributed by atoms with E-state index in [0.29, 0.717) is 0 Å². The Labute approximate surface area is 128 Å². The van der Waals surface area contributed by atoms with Crippen LogP contribution in [0.2, 0.25) is 0 Å². The Balaban J connectivity index is 2.33. The number of likely N-dealkylation sites (tertiary alicyclic amines) is 1. The van der Waals surface area contributed by atoms with Crippen LogP contribution < -0.4 is 5.32 Å². The third-order valence-corrected chi connectivity index (χ3v) is 5.22. The first-order chi connectivity index (χ1) is 10.0. The number of nitrogens with one attached hydrogen (secondary N) is 1. The molecule has 1 aliphatic rings. The molecule has 2 unspecified atom stereocenters. The third kappa shape index (κ3) is 3.29. The molecule has 0 radical (unpaired) electrons. The molecular formula is C18H29FN2. The largest absolute Gasteiger partial charge is 0.311 e. The second-order valence-corrected chi connectivity index (χ2v) is 6.49. The van der Waals surface area contributed by atoms with Gasteiger partial charge in [-0.1, -0.05) is 25.5 Å². The van der Waals surface area contributed by atoms with Crippen LogP contribution in [0.4, 0.5) is 4.39 Å². The van der Waals surface area contributed by atoms with Crippen molar-refractivity contribution < 1.29 is 4.39 Å². The summed E-state index contributed by atoms with van der Waals surface area (Å²) < 4.78 is 13.6. The minimum Gasteiger partial charge on any atom is -0.311 e. The van der Waals surface area contributed by atoms with Crippen molar-refractivity contribution in [3.05, 3.63) is 35.1 Å². The molecule has 2 atom stereocenters. The molecule has 1 aliphatic heterocycles. The van der Waals surface area contributed by atoms with E-state index < -0.39 is 0 Å². The van der Waals surface area contributed by atoms with Crippen molar-refractivity contribution >= 4 is 0 Å². The Morgan fingerprint density at radius 1 is 1.29 bits per heavy atom. The number of hydrogen-bond acceptors (Lipinski definition) is 2. The van der Waals surface area contributed by atoms with Crippen molar-refractivity contribution in [2.24, 2.45) is 0 Å². The van der Waals surface area contributed by atoms with Crippen LogP contribution in [-0.4, -0.2) is 30.6 Å². The van der Waals surface area contributed by atoms with E-state index in [4.69, 9.17) is 0 Å². The molecule has 0 saturated carbocycles. The van der Waals surface area contributed by atoms with Gasteiger partial charge >= 0.3 is 0 Å². The highest BCUT2D eigenvalue weighted by Crippen LogP contribution is 2.36. The van der Waals surface area contributed by atoms with Gasteiger partial charge in [0.1, 0.15) is 5.82 Å². The van der Waals surface area contributed by atoms with Gasteiger partial charge in [-0.25, -0.2) is 4.39 Å². The van der Waals surface area contributed by atoms with Crippen LogP contribution in [0.25, 0.3) is 0 Å². The van der Waals surface area contributed by atoms with Crippen LogP contribution >= 0.6 is 0 Å². The van der Waals surface area contributed by atoms with Crippen LogP contribution in [0.5, 0.6) is 0 Å². The van der Waals surface area contributed by atoms with Crippen LogP contribution in [0.3, 0.4) is 0 Å². The maximum atomic E-state index is 13.6. The fraction of sp³-hybridized carbons (Fsp3) is 0.667. The van der Waals surface area contributed by atoms with Crippen molar-refractivity contribution in [1.29, 1.82) is 0 Å². The summed E-state index contributed by atoms with van der Waals surface area (Å²) in [6.45, 7) is 8.79. The summed E-state index contributed by atoms with van der Waals surface area (Å²) in [6, 6.07) is 5.75. The van der Waals surface area contributed by atoms with Crippen LogP contribution in [0.15, 0.2) is 18.2 Å². The zero-order valence-electron chi connectivity index (χ0n) is 13.9. The first kappa shape index (κ1) is 16.4. The predicted molar refractivity (Wildman–Crippen MR) is 87.1 cm³/mol. The monoisotopic (exact) mass is 292 g/mol. The molecule has 21 heavy (non-hydrogen) atoms. The topological polar surface area (TPSA) is 15.3 Å². The second kappa shape index (κ2) is 6.89. The molecule has 0 aliphatic carbocycles. The standard InChI is InChI=1S/C18H29FN2/c1-5-18(3,21-11-7-6-8-12-21)17(20-4)15-9-10-16(19)14(2)13-15/h9-10,13,17,20H,5-8,11-12H2,1-4H3. The number of aryl methyl sites for hydroxylation is 1. The van der Waals surface area contributed by atoms with Crippen molar-refractivity contribution in [3.63, 3.8) is 0 Å². The van der Waals surface area contributed by atoms with Crippen molar-refractivity contribution in [2.75, 3.05) is 20.1 Å². The van der Waals surface area contributed by atoms with E-state index in [0.717, 1.165) is 12.0 Å². The van der Waals surface area contributed by atoms with Crippen LogP contribution in [0.1, 0.15) is 56.7 Å². The molecule has 118 valence electrons. The maximum Gasteiger partial charge on any atom is 0.126 e. The minimum absolute atomic E-state index is 0.0689. The highest BCUT2D eigenvalue weighted by atomic mass is 19.1. The fourth-order valence-electron chi connectivity index (χ4n) is 3.70. The second-order valence-electron chi connectivity index (χ2n) is 6.49. The van der Waals surface area contributed by atoms with Gasteiger partial charge in [0.25, 0.3) is 0 Å². The molecule has 1 N–H and O–H groups in total. The highest BCUT2D eigenvalue weighted by molar-refractivity contribution is 5.29. The summed E-state index contributed by atoms with van der Waals surface area (Å²) in [5.41, 5.74) is 1.98. The van der Waals surface area contributed by atoms with Gasteiger partial charge in [0, 0.05) is 5.54 Å². The fourth-order valence-corrected chi connectivity index (χ4v) is 3.70. The number of hydrogen-bond donors (Lipinski definition) is 1. The van der Waals surface area contributed by atoms with E-state index in [9.17, 15) is 4.39 Å². The summed E-state index contributed by atoms with van der Waals surface area (Å²) in [5.74, 6) is -0.121. The number of benzene rings is 1. The van der Waals surface area contributed by atoms with E-state index in [2.05, 4.69) is 24.1 Å². The zero-order chi connectivity index (χ0) is 15.5. The normalized spacial score (nSPS) is 21.0. The lowest BCUT2D eigenvalue weighted by Crippen LogP contribution is -2.55.